The topological polar surface area (TPSA) is 84.3 Å². The van der Waals surface area contributed by atoms with E-state index in [0.717, 1.165) is 17.9 Å². The van der Waals surface area contributed by atoms with E-state index in [9.17, 15) is 0 Å². The fourth-order valence-electron chi connectivity index (χ4n) is 1.42. The van der Waals surface area contributed by atoms with Crippen LogP contribution in [-0.2, 0) is 13.5 Å². The third kappa shape index (κ3) is 2.01. The lowest BCUT2D eigenvalue weighted by Crippen LogP contribution is -2.21. The van der Waals surface area contributed by atoms with Gasteiger partial charge in [0.1, 0.15) is 12.2 Å². The molecule has 2 aromatic rings. The van der Waals surface area contributed by atoms with Crippen molar-refractivity contribution in [3.63, 3.8) is 0 Å². The molecular weight excluding hydrogens is 194 g/mol. The Kier molecular flexibility index (Phi) is 2.72. The molecule has 7 heteroatoms. The standard InChI is InChI=1S/C8H13N7/c1-9-6(7-4-11-14-13-7)3-8-10-5-12-15(8)2/h4-6,9H,3H2,1-2H3,(H,11,13,14). The summed E-state index contributed by atoms with van der Waals surface area (Å²) >= 11 is 0. The van der Waals surface area contributed by atoms with E-state index >= 15 is 0 Å². The van der Waals surface area contributed by atoms with Crippen LogP contribution in [0.25, 0.3) is 0 Å². The predicted molar refractivity (Wildman–Crippen MR) is 52.9 cm³/mol. The average Bonchev–Trinajstić information content (AvgIpc) is 2.86. The van der Waals surface area contributed by atoms with E-state index in [2.05, 4.69) is 30.8 Å². The summed E-state index contributed by atoms with van der Waals surface area (Å²) in [6, 6.07) is 0.103. The first-order chi connectivity index (χ1) is 7.31. The first-order valence-electron chi connectivity index (χ1n) is 4.67. The molecule has 0 saturated heterocycles. The molecule has 15 heavy (non-hydrogen) atoms. The fourth-order valence-corrected chi connectivity index (χ4v) is 1.42. The lowest BCUT2D eigenvalue weighted by Gasteiger charge is -2.11. The molecule has 0 bridgehead atoms. The van der Waals surface area contributed by atoms with Crippen molar-refractivity contribution in [1.29, 1.82) is 0 Å². The minimum absolute atomic E-state index is 0.103. The van der Waals surface area contributed by atoms with Crippen molar-refractivity contribution in [1.82, 2.24) is 35.5 Å². The van der Waals surface area contributed by atoms with Gasteiger partial charge in [-0.15, -0.1) is 0 Å². The SMILES string of the molecule is CNC(Cc1ncnn1C)c1cn[nH]n1. The number of aryl methyl sites for hydroxylation is 1. The van der Waals surface area contributed by atoms with Crippen LogP contribution in [0.5, 0.6) is 0 Å². The van der Waals surface area contributed by atoms with Gasteiger partial charge in [0.25, 0.3) is 0 Å². The highest BCUT2D eigenvalue weighted by Crippen LogP contribution is 2.12. The second kappa shape index (κ2) is 4.18. The first-order valence-corrected chi connectivity index (χ1v) is 4.67. The van der Waals surface area contributed by atoms with E-state index in [1.54, 1.807) is 17.2 Å². The minimum atomic E-state index is 0.103. The number of hydrogen-bond donors (Lipinski definition) is 2. The highest BCUT2D eigenvalue weighted by molar-refractivity contribution is 5.03. The highest BCUT2D eigenvalue weighted by Gasteiger charge is 2.15. The van der Waals surface area contributed by atoms with Gasteiger partial charge in [-0.1, -0.05) is 0 Å². The zero-order valence-electron chi connectivity index (χ0n) is 8.68. The predicted octanol–water partition coefficient (Wildman–Crippen LogP) is -0.564. The first kappa shape index (κ1) is 9.78. The van der Waals surface area contributed by atoms with Crippen LogP contribution in [-0.4, -0.2) is 37.2 Å². The largest absolute Gasteiger partial charge is 0.311 e. The number of nitrogens with one attached hydrogen (secondary N) is 2. The molecule has 0 aliphatic heterocycles. The van der Waals surface area contributed by atoms with Crippen LogP contribution in [0.4, 0.5) is 0 Å². The molecule has 2 rings (SSSR count). The number of aromatic nitrogens is 6. The van der Waals surface area contributed by atoms with Crippen molar-refractivity contribution in [3.05, 3.63) is 24.0 Å². The Morgan fingerprint density at radius 2 is 2.47 bits per heavy atom. The lowest BCUT2D eigenvalue weighted by molar-refractivity contribution is 0.540. The number of likely N-dealkylation sites (N-methyl/N-ethyl adjacent to an activating group) is 1. The van der Waals surface area contributed by atoms with Crippen molar-refractivity contribution in [2.75, 3.05) is 7.05 Å². The van der Waals surface area contributed by atoms with E-state index in [4.69, 9.17) is 0 Å². The molecule has 2 N–H and O–H groups in total. The molecule has 0 amide bonds. The fraction of sp³-hybridized carbons (Fsp3) is 0.500. The molecule has 0 aliphatic rings. The zero-order valence-corrected chi connectivity index (χ0v) is 8.68. The molecular formula is C8H13N7. The normalized spacial score (nSPS) is 12.9. The molecule has 2 aromatic heterocycles. The maximum atomic E-state index is 4.17. The van der Waals surface area contributed by atoms with Crippen LogP contribution < -0.4 is 5.32 Å². The van der Waals surface area contributed by atoms with Gasteiger partial charge in [0.15, 0.2) is 0 Å². The summed E-state index contributed by atoms with van der Waals surface area (Å²) in [5, 5.41) is 17.6. The van der Waals surface area contributed by atoms with Gasteiger partial charge < -0.3 is 5.32 Å². The Hall–Kier alpha value is -1.76. The van der Waals surface area contributed by atoms with Crippen molar-refractivity contribution in [2.24, 2.45) is 7.05 Å². The maximum Gasteiger partial charge on any atom is 0.138 e. The Balaban J connectivity index is 2.13. The van der Waals surface area contributed by atoms with Gasteiger partial charge in [-0.2, -0.15) is 20.5 Å². The van der Waals surface area contributed by atoms with Crippen molar-refractivity contribution >= 4 is 0 Å². The van der Waals surface area contributed by atoms with Gasteiger partial charge in [-0.3, -0.25) is 4.68 Å². The summed E-state index contributed by atoms with van der Waals surface area (Å²) in [5.74, 6) is 0.914. The summed E-state index contributed by atoms with van der Waals surface area (Å²) in [7, 11) is 3.76. The molecule has 0 aliphatic carbocycles. The summed E-state index contributed by atoms with van der Waals surface area (Å²) < 4.78 is 1.75. The Morgan fingerprint density at radius 1 is 1.60 bits per heavy atom. The van der Waals surface area contributed by atoms with Gasteiger partial charge in [-0.05, 0) is 7.05 Å². The van der Waals surface area contributed by atoms with Crippen LogP contribution in [0.15, 0.2) is 12.5 Å². The Bertz CT molecular complexity index is 404. The van der Waals surface area contributed by atoms with Crippen LogP contribution in [0.2, 0.25) is 0 Å². The average molecular weight is 207 g/mol. The zero-order chi connectivity index (χ0) is 10.7. The summed E-state index contributed by atoms with van der Waals surface area (Å²) in [4.78, 5) is 4.17. The second-order valence-electron chi connectivity index (χ2n) is 3.24. The van der Waals surface area contributed by atoms with Gasteiger partial charge >= 0.3 is 0 Å². The third-order valence-corrected chi connectivity index (χ3v) is 2.33. The van der Waals surface area contributed by atoms with Gasteiger partial charge in [0.05, 0.1) is 17.9 Å². The maximum absolute atomic E-state index is 4.17. The number of nitrogens with zero attached hydrogens (tertiary/aromatic N) is 5. The molecule has 1 atom stereocenters. The lowest BCUT2D eigenvalue weighted by atomic mass is 10.1. The number of aromatic amines is 1. The summed E-state index contributed by atoms with van der Waals surface area (Å²) in [5.41, 5.74) is 0.875. The van der Waals surface area contributed by atoms with Crippen molar-refractivity contribution < 1.29 is 0 Å². The summed E-state index contributed by atoms with van der Waals surface area (Å²) in [6.07, 6.45) is 3.99. The summed E-state index contributed by atoms with van der Waals surface area (Å²) in [6.45, 7) is 0. The monoisotopic (exact) mass is 207 g/mol. The van der Waals surface area contributed by atoms with Crippen LogP contribution in [0.3, 0.4) is 0 Å². The Labute approximate surface area is 86.9 Å². The van der Waals surface area contributed by atoms with Gasteiger partial charge in [0, 0.05) is 13.5 Å². The van der Waals surface area contributed by atoms with E-state index in [1.165, 1.54) is 0 Å². The minimum Gasteiger partial charge on any atom is -0.311 e. The van der Waals surface area contributed by atoms with Gasteiger partial charge in [0.2, 0.25) is 0 Å². The van der Waals surface area contributed by atoms with Crippen molar-refractivity contribution in [3.8, 4) is 0 Å². The molecule has 0 aromatic carbocycles. The molecule has 0 fully saturated rings. The van der Waals surface area contributed by atoms with Crippen LogP contribution in [0.1, 0.15) is 17.6 Å². The van der Waals surface area contributed by atoms with Crippen LogP contribution >= 0.6 is 0 Å². The number of hydrogen-bond acceptors (Lipinski definition) is 5. The highest BCUT2D eigenvalue weighted by atomic mass is 15.3. The molecule has 80 valence electrons. The van der Waals surface area contributed by atoms with E-state index in [-0.39, 0.29) is 6.04 Å². The Morgan fingerprint density at radius 3 is 3.00 bits per heavy atom. The molecule has 0 radical (unpaired) electrons. The van der Waals surface area contributed by atoms with Crippen LogP contribution in [0, 0.1) is 0 Å². The van der Waals surface area contributed by atoms with Gasteiger partial charge in [-0.25, -0.2) is 4.98 Å². The van der Waals surface area contributed by atoms with Crippen molar-refractivity contribution in [2.45, 2.75) is 12.5 Å². The molecule has 0 saturated carbocycles. The molecule has 2 heterocycles. The second-order valence-corrected chi connectivity index (χ2v) is 3.24. The number of H-pyrrole nitrogens is 1. The van der Waals surface area contributed by atoms with E-state index in [1.807, 2.05) is 14.1 Å². The quantitative estimate of drug-likeness (QED) is 0.701. The number of rotatable bonds is 4. The molecule has 0 spiro atoms. The smallest absolute Gasteiger partial charge is 0.138 e. The molecule has 1 unspecified atom stereocenters. The third-order valence-electron chi connectivity index (χ3n) is 2.33. The van der Waals surface area contributed by atoms with E-state index < -0.39 is 0 Å². The van der Waals surface area contributed by atoms with E-state index in [0.29, 0.717) is 0 Å². The molecule has 7 nitrogen and oxygen atoms in total.